The second-order valence-electron chi connectivity index (χ2n) is 15.3. The Morgan fingerprint density at radius 1 is 0.887 bits per heavy atom. The van der Waals surface area contributed by atoms with Crippen molar-refractivity contribution in [1.29, 1.82) is 0 Å². The van der Waals surface area contributed by atoms with Crippen LogP contribution in [0.25, 0.3) is 43.2 Å². The predicted molar refractivity (Wildman–Crippen MR) is 241 cm³/mol. The maximum atomic E-state index is 14.2. The van der Waals surface area contributed by atoms with E-state index in [2.05, 4.69) is 26.8 Å². The van der Waals surface area contributed by atoms with Crippen molar-refractivity contribution in [2.24, 2.45) is 5.92 Å². The van der Waals surface area contributed by atoms with E-state index in [0.717, 1.165) is 82.1 Å². The lowest BCUT2D eigenvalue weighted by Crippen LogP contribution is -2.45. The van der Waals surface area contributed by atoms with Crippen molar-refractivity contribution >= 4 is 39.1 Å². The largest absolute Gasteiger partial charge is 0.497 e. The van der Waals surface area contributed by atoms with Crippen LogP contribution in [0.3, 0.4) is 0 Å². The third-order valence-electron chi connectivity index (χ3n) is 11.2. The summed E-state index contributed by atoms with van der Waals surface area (Å²) < 4.78 is 32.0. The van der Waals surface area contributed by atoms with Crippen LogP contribution < -0.4 is 14.2 Å². The van der Waals surface area contributed by atoms with Crippen LogP contribution in [0.2, 0.25) is 5.02 Å². The second-order valence-corrected chi connectivity index (χ2v) is 16.7. The van der Waals surface area contributed by atoms with Gasteiger partial charge in [-0.1, -0.05) is 48.0 Å². The zero-order valence-electron chi connectivity index (χ0n) is 34.7. The Bertz CT molecular complexity index is 2670. The third-order valence-corrected chi connectivity index (χ3v) is 12.8. The number of nitrogens with zero attached hydrogens (tertiary/aromatic N) is 6. The molecule has 0 amide bonds. The fraction of sp³-hybridized carbons (Fsp3) is 0.271. The molecule has 1 saturated heterocycles. The van der Waals surface area contributed by atoms with Gasteiger partial charge in [-0.3, -0.25) is 9.69 Å². The molecular formula is C48H46ClFN6O5S. The third kappa shape index (κ3) is 9.71. The van der Waals surface area contributed by atoms with E-state index in [1.807, 2.05) is 67.6 Å². The molecule has 1 N–H and O–H groups in total. The molecule has 14 heteroatoms. The number of aliphatic carboxylic acids is 1. The molecule has 8 rings (SSSR count). The Morgan fingerprint density at radius 2 is 1.65 bits per heavy atom. The number of thiophene rings is 1. The normalized spacial score (nSPS) is 13.9. The van der Waals surface area contributed by atoms with E-state index in [4.69, 9.17) is 35.8 Å². The molecule has 4 heterocycles. The summed E-state index contributed by atoms with van der Waals surface area (Å²) in [5, 5.41) is 11.9. The molecule has 0 spiro atoms. The maximum Gasteiger partial charge on any atom is 0.307 e. The second kappa shape index (κ2) is 19.4. The van der Waals surface area contributed by atoms with Gasteiger partial charge >= 0.3 is 5.97 Å². The molecule has 0 bridgehead atoms. The topological polar surface area (TPSA) is 123 Å². The number of carbonyl (C=O) groups is 1. The number of fused-ring (bicyclic) bond motifs is 1. The maximum absolute atomic E-state index is 14.2. The van der Waals surface area contributed by atoms with Crippen molar-refractivity contribution in [3.05, 3.63) is 137 Å². The Balaban J connectivity index is 1.07. The van der Waals surface area contributed by atoms with Crippen molar-refractivity contribution < 1.29 is 28.5 Å². The Labute approximate surface area is 368 Å². The zero-order chi connectivity index (χ0) is 43.2. The van der Waals surface area contributed by atoms with Crippen molar-refractivity contribution in [3.63, 3.8) is 0 Å². The van der Waals surface area contributed by atoms with Crippen LogP contribution in [0.4, 0.5) is 4.39 Å². The number of piperazine rings is 1. The number of halogens is 2. The number of carboxylic acids is 1. The van der Waals surface area contributed by atoms with Gasteiger partial charge in [-0.2, -0.15) is 0 Å². The number of ether oxygens (including phenoxy) is 3. The van der Waals surface area contributed by atoms with Crippen LogP contribution in [-0.4, -0.2) is 94.3 Å². The van der Waals surface area contributed by atoms with Crippen LogP contribution >= 0.6 is 22.9 Å². The van der Waals surface area contributed by atoms with Gasteiger partial charge in [0.2, 0.25) is 0 Å². The lowest BCUT2D eigenvalue weighted by molar-refractivity contribution is -0.141. The van der Waals surface area contributed by atoms with E-state index < -0.39 is 11.9 Å². The van der Waals surface area contributed by atoms with Crippen molar-refractivity contribution in [2.75, 3.05) is 53.5 Å². The van der Waals surface area contributed by atoms with E-state index in [-0.39, 0.29) is 25.3 Å². The molecule has 11 nitrogen and oxygen atoms in total. The van der Waals surface area contributed by atoms with E-state index in [9.17, 15) is 14.3 Å². The minimum Gasteiger partial charge on any atom is -0.497 e. The van der Waals surface area contributed by atoms with E-state index in [1.54, 1.807) is 31.5 Å². The minimum atomic E-state index is -0.973. The number of para-hydroxylation sites is 1. The number of likely N-dealkylation sites (N-methyl/N-ethyl adjacent to an activating group) is 1. The molecule has 1 aliphatic heterocycles. The van der Waals surface area contributed by atoms with Gasteiger partial charge in [0.05, 0.1) is 29.4 Å². The van der Waals surface area contributed by atoms with Crippen LogP contribution in [0, 0.1) is 18.7 Å². The summed E-state index contributed by atoms with van der Waals surface area (Å²) in [5.41, 5.74) is 6.04. The quantitative estimate of drug-likeness (QED) is 0.100. The molecule has 4 aromatic carbocycles. The number of benzene rings is 4. The van der Waals surface area contributed by atoms with Gasteiger partial charge in [0.1, 0.15) is 47.4 Å². The van der Waals surface area contributed by atoms with Gasteiger partial charge in [-0.25, -0.2) is 24.3 Å². The molecule has 1 aliphatic rings. The van der Waals surface area contributed by atoms with Crippen LogP contribution in [0.5, 0.6) is 17.2 Å². The lowest BCUT2D eigenvalue weighted by atomic mass is 9.90. The highest BCUT2D eigenvalue weighted by Crippen LogP contribution is 2.48. The number of carboxylic acid groups (broad SMARTS) is 1. The van der Waals surface area contributed by atoms with Crippen molar-refractivity contribution in [1.82, 2.24) is 29.7 Å². The molecule has 0 saturated carbocycles. The highest BCUT2D eigenvalue weighted by Gasteiger charge is 2.27. The Kier molecular flexibility index (Phi) is 13.3. The summed E-state index contributed by atoms with van der Waals surface area (Å²) >= 11 is 8.53. The first-order chi connectivity index (χ1) is 30.1. The van der Waals surface area contributed by atoms with Gasteiger partial charge in [-0.05, 0) is 97.2 Å². The van der Waals surface area contributed by atoms with Gasteiger partial charge in [0.15, 0.2) is 5.82 Å². The molecule has 3 aromatic heterocycles. The summed E-state index contributed by atoms with van der Waals surface area (Å²) in [6.07, 6.45) is 3.44. The average Bonchev–Trinajstić information content (AvgIpc) is 3.68. The summed E-state index contributed by atoms with van der Waals surface area (Å²) in [4.78, 5) is 37.9. The first kappa shape index (κ1) is 42.7. The number of rotatable bonds is 16. The molecule has 1 fully saturated rings. The molecule has 62 heavy (non-hydrogen) atoms. The molecule has 0 aliphatic carbocycles. The van der Waals surface area contributed by atoms with Gasteiger partial charge in [-0.15, -0.1) is 11.3 Å². The SMILES string of the molecule is COc1ccc(-c2nccc(COc3ccccc3CC(Cc3ncnc4sc(-c5ccc(F)cc5)c(-c5ccc(OCCN6CCN(C)CC6)c(Cl)c5C)c34)C(=O)O)n2)cc1. The summed E-state index contributed by atoms with van der Waals surface area (Å²) in [7, 11) is 3.75. The molecule has 1 atom stereocenters. The minimum absolute atomic E-state index is 0.104. The molecule has 7 aromatic rings. The van der Waals surface area contributed by atoms with Crippen molar-refractivity contribution in [2.45, 2.75) is 26.4 Å². The Morgan fingerprint density at radius 3 is 2.40 bits per heavy atom. The number of hydrogen-bond acceptors (Lipinski definition) is 11. The number of hydrogen-bond donors (Lipinski definition) is 1. The predicted octanol–water partition coefficient (Wildman–Crippen LogP) is 9.28. The highest BCUT2D eigenvalue weighted by atomic mass is 35.5. The number of methoxy groups -OCH3 is 1. The first-order valence-electron chi connectivity index (χ1n) is 20.4. The average molecular weight is 873 g/mol. The van der Waals surface area contributed by atoms with E-state index >= 15 is 0 Å². The molecule has 318 valence electrons. The van der Waals surface area contributed by atoms with Gasteiger partial charge in [0, 0.05) is 66.7 Å². The van der Waals surface area contributed by atoms with Crippen LogP contribution in [0.15, 0.2) is 104 Å². The fourth-order valence-electron chi connectivity index (χ4n) is 7.67. The Hall–Kier alpha value is -5.99. The lowest BCUT2D eigenvalue weighted by Gasteiger charge is -2.32. The summed E-state index contributed by atoms with van der Waals surface area (Å²) in [5.74, 6) is 0.242. The molecule has 0 radical (unpaired) electrons. The number of aromatic nitrogens is 4. The van der Waals surface area contributed by atoms with Crippen LogP contribution in [0.1, 0.15) is 22.5 Å². The standard InChI is InChI=1S/C48H46ClFN6O5S/c1-30-38(16-17-41(44(30)49)60-25-24-56-22-20-55(2)21-23-56)42-43-39(52-29-53-47(43)62-45(42)31-8-12-35(50)13-9-31)27-34(48(57)58)26-33-6-4-5-7-40(33)61-28-36-18-19-51-46(54-36)32-10-14-37(59-3)15-11-32/h4-19,29,34H,20-28H2,1-3H3,(H,57,58). The van der Waals surface area contributed by atoms with E-state index in [1.165, 1.54) is 29.8 Å². The smallest absolute Gasteiger partial charge is 0.307 e. The fourth-order valence-corrected chi connectivity index (χ4v) is 9.08. The van der Waals surface area contributed by atoms with Crippen LogP contribution in [-0.2, 0) is 24.2 Å². The molecular weight excluding hydrogens is 827 g/mol. The van der Waals surface area contributed by atoms with Gasteiger partial charge in [0.25, 0.3) is 0 Å². The van der Waals surface area contributed by atoms with E-state index in [0.29, 0.717) is 45.2 Å². The summed E-state index contributed by atoms with van der Waals surface area (Å²) in [6.45, 7) is 7.44. The van der Waals surface area contributed by atoms with Gasteiger partial charge < -0.3 is 24.2 Å². The molecule has 1 unspecified atom stereocenters. The van der Waals surface area contributed by atoms with Crippen molar-refractivity contribution in [3.8, 4) is 50.2 Å². The zero-order valence-corrected chi connectivity index (χ0v) is 36.3. The monoisotopic (exact) mass is 872 g/mol. The summed E-state index contributed by atoms with van der Waals surface area (Å²) in [6, 6.07) is 26.9. The first-order valence-corrected chi connectivity index (χ1v) is 21.6. The highest BCUT2D eigenvalue weighted by molar-refractivity contribution is 7.22.